The average molecular weight is 520 g/mol. The maximum absolute atomic E-state index is 5.90. The van der Waals surface area contributed by atoms with Crippen LogP contribution in [0.25, 0.3) is 0 Å². The molecule has 28 heavy (non-hydrogen) atoms. The minimum absolute atomic E-state index is 0. The first-order chi connectivity index (χ1) is 12.8. The van der Waals surface area contributed by atoms with Gasteiger partial charge in [0.05, 0.1) is 12.2 Å². The van der Waals surface area contributed by atoms with Crippen molar-refractivity contribution in [3.63, 3.8) is 0 Å². The molecule has 0 bridgehead atoms. The molecule has 2 unspecified atom stereocenters. The smallest absolute Gasteiger partial charge is 0.191 e. The summed E-state index contributed by atoms with van der Waals surface area (Å²) >= 11 is 5.90. The lowest BCUT2D eigenvalue weighted by molar-refractivity contribution is 0.223. The SMILES string of the molecule is CN=C(NCC(C)Oc1ccc(Cl)cc1)NC(C)Cc1c(C)nn(C)c1C.I. The normalized spacial score (nSPS) is 13.5. The molecule has 2 atom stereocenters. The van der Waals surface area contributed by atoms with E-state index in [2.05, 4.69) is 41.5 Å². The fourth-order valence-corrected chi connectivity index (χ4v) is 3.05. The van der Waals surface area contributed by atoms with E-state index < -0.39 is 0 Å². The number of halogens is 2. The van der Waals surface area contributed by atoms with Crippen molar-refractivity contribution < 1.29 is 4.74 Å². The molecule has 1 heterocycles. The first-order valence-corrected chi connectivity index (χ1v) is 9.56. The van der Waals surface area contributed by atoms with Crippen molar-refractivity contribution in [3.05, 3.63) is 46.2 Å². The Morgan fingerprint density at radius 1 is 1.25 bits per heavy atom. The van der Waals surface area contributed by atoms with Crippen LogP contribution < -0.4 is 15.4 Å². The number of nitrogens with one attached hydrogen (secondary N) is 2. The predicted molar refractivity (Wildman–Crippen MR) is 127 cm³/mol. The summed E-state index contributed by atoms with van der Waals surface area (Å²) in [4.78, 5) is 4.31. The van der Waals surface area contributed by atoms with Crippen LogP contribution in [0, 0.1) is 13.8 Å². The molecule has 1 aromatic heterocycles. The lowest BCUT2D eigenvalue weighted by Crippen LogP contribution is -2.45. The Morgan fingerprint density at radius 2 is 1.89 bits per heavy atom. The third kappa shape index (κ3) is 7.16. The Kier molecular flexibility index (Phi) is 10.1. The zero-order valence-electron chi connectivity index (χ0n) is 17.4. The van der Waals surface area contributed by atoms with Gasteiger partial charge in [0.15, 0.2) is 5.96 Å². The Morgan fingerprint density at radius 3 is 2.43 bits per heavy atom. The van der Waals surface area contributed by atoms with Gasteiger partial charge in [-0.2, -0.15) is 5.10 Å². The standard InChI is InChI=1S/C20H30ClN5O.HI/c1-13(11-19-15(3)25-26(6)16(19)4)24-20(22-5)23-12-14(2)27-18-9-7-17(21)8-10-18;/h7-10,13-14H,11-12H2,1-6H3,(H2,22,23,24);1H. The quantitative estimate of drug-likeness (QED) is 0.331. The van der Waals surface area contributed by atoms with Crippen molar-refractivity contribution in [1.82, 2.24) is 20.4 Å². The largest absolute Gasteiger partial charge is 0.489 e. The highest BCUT2D eigenvalue weighted by molar-refractivity contribution is 14.0. The maximum Gasteiger partial charge on any atom is 0.191 e. The minimum Gasteiger partial charge on any atom is -0.489 e. The van der Waals surface area contributed by atoms with Crippen LogP contribution in [0.1, 0.15) is 30.8 Å². The van der Waals surface area contributed by atoms with E-state index in [-0.39, 0.29) is 36.1 Å². The van der Waals surface area contributed by atoms with Gasteiger partial charge in [-0.1, -0.05) is 11.6 Å². The maximum atomic E-state index is 5.90. The molecule has 6 nitrogen and oxygen atoms in total. The van der Waals surface area contributed by atoms with Gasteiger partial charge in [0, 0.05) is 30.9 Å². The van der Waals surface area contributed by atoms with Crippen LogP contribution in [0.4, 0.5) is 0 Å². The third-order valence-corrected chi connectivity index (χ3v) is 4.74. The van der Waals surface area contributed by atoms with Gasteiger partial charge >= 0.3 is 0 Å². The van der Waals surface area contributed by atoms with Crippen LogP contribution in [0.5, 0.6) is 5.75 Å². The number of ether oxygens (including phenoxy) is 1. The van der Waals surface area contributed by atoms with Crippen LogP contribution in [0.3, 0.4) is 0 Å². The van der Waals surface area contributed by atoms with Crippen molar-refractivity contribution in [1.29, 1.82) is 0 Å². The fraction of sp³-hybridized carbons (Fsp3) is 0.500. The number of benzene rings is 1. The number of aromatic nitrogens is 2. The molecule has 0 aliphatic rings. The van der Waals surface area contributed by atoms with Crippen LogP contribution in [0.15, 0.2) is 29.3 Å². The number of hydrogen-bond donors (Lipinski definition) is 2. The Bertz CT molecular complexity index is 776. The van der Waals surface area contributed by atoms with E-state index in [1.54, 1.807) is 7.05 Å². The lowest BCUT2D eigenvalue weighted by atomic mass is 10.1. The second-order valence-electron chi connectivity index (χ2n) is 6.86. The molecule has 2 aromatic rings. The molecule has 2 N–H and O–H groups in total. The van der Waals surface area contributed by atoms with Crippen molar-refractivity contribution in [3.8, 4) is 5.75 Å². The second kappa shape index (κ2) is 11.5. The van der Waals surface area contributed by atoms with E-state index in [9.17, 15) is 0 Å². The van der Waals surface area contributed by atoms with Gasteiger partial charge < -0.3 is 15.4 Å². The Balaban J connectivity index is 0.00000392. The number of nitrogens with zero attached hydrogens (tertiary/aromatic N) is 3. The number of aryl methyl sites for hydroxylation is 2. The van der Waals surface area contributed by atoms with Crippen molar-refractivity contribution in [2.24, 2.45) is 12.0 Å². The monoisotopic (exact) mass is 519 g/mol. The summed E-state index contributed by atoms with van der Waals surface area (Å²) < 4.78 is 7.81. The van der Waals surface area contributed by atoms with Crippen LogP contribution in [0.2, 0.25) is 5.02 Å². The van der Waals surface area contributed by atoms with Crippen molar-refractivity contribution in [2.45, 2.75) is 46.3 Å². The van der Waals surface area contributed by atoms with Gasteiger partial charge in [-0.25, -0.2) is 0 Å². The number of aliphatic imine (C=N–C) groups is 1. The van der Waals surface area contributed by atoms with Crippen LogP contribution in [-0.2, 0) is 13.5 Å². The zero-order valence-corrected chi connectivity index (χ0v) is 20.5. The predicted octanol–water partition coefficient (Wildman–Crippen LogP) is 3.87. The minimum atomic E-state index is -0.0113. The summed E-state index contributed by atoms with van der Waals surface area (Å²) in [5, 5.41) is 11.9. The first-order valence-electron chi connectivity index (χ1n) is 9.18. The topological polar surface area (TPSA) is 63.5 Å². The van der Waals surface area contributed by atoms with Crippen LogP contribution in [-0.4, -0.2) is 41.5 Å². The summed E-state index contributed by atoms with van der Waals surface area (Å²) in [6, 6.07) is 7.60. The van der Waals surface area contributed by atoms with Gasteiger partial charge in [0.2, 0.25) is 0 Å². The molecule has 0 radical (unpaired) electrons. The highest BCUT2D eigenvalue weighted by Crippen LogP contribution is 2.16. The molecule has 0 aliphatic heterocycles. The van der Waals surface area contributed by atoms with Gasteiger partial charge in [-0.15, -0.1) is 24.0 Å². The molecule has 1 aromatic carbocycles. The summed E-state index contributed by atoms with van der Waals surface area (Å²) in [6.07, 6.45) is 0.881. The molecule has 156 valence electrons. The van der Waals surface area contributed by atoms with E-state index in [1.165, 1.54) is 11.3 Å². The van der Waals surface area contributed by atoms with Gasteiger partial charge in [0.1, 0.15) is 11.9 Å². The molecular weight excluding hydrogens is 489 g/mol. The molecule has 0 aliphatic carbocycles. The number of hydrogen-bond acceptors (Lipinski definition) is 3. The summed E-state index contributed by atoms with van der Waals surface area (Å²) in [6.45, 7) is 8.95. The number of rotatable bonds is 7. The van der Waals surface area contributed by atoms with E-state index in [0.29, 0.717) is 11.6 Å². The van der Waals surface area contributed by atoms with Gasteiger partial charge in [0.25, 0.3) is 0 Å². The van der Waals surface area contributed by atoms with E-state index in [0.717, 1.165) is 23.8 Å². The average Bonchev–Trinajstić information content (AvgIpc) is 2.86. The molecule has 0 fully saturated rings. The molecular formula is C20H31ClIN5O. The molecule has 0 saturated heterocycles. The van der Waals surface area contributed by atoms with Gasteiger partial charge in [-0.05, 0) is 63.9 Å². The molecule has 8 heteroatoms. The lowest BCUT2D eigenvalue weighted by Gasteiger charge is -2.21. The zero-order chi connectivity index (χ0) is 20.0. The van der Waals surface area contributed by atoms with Gasteiger partial charge in [-0.3, -0.25) is 9.67 Å². The van der Waals surface area contributed by atoms with E-state index >= 15 is 0 Å². The molecule has 0 spiro atoms. The molecule has 0 saturated carbocycles. The first kappa shape index (κ1) is 24.6. The van der Waals surface area contributed by atoms with Crippen molar-refractivity contribution >= 4 is 41.5 Å². The van der Waals surface area contributed by atoms with Crippen molar-refractivity contribution in [2.75, 3.05) is 13.6 Å². The Labute approximate surface area is 190 Å². The fourth-order valence-electron chi connectivity index (χ4n) is 2.93. The highest BCUT2D eigenvalue weighted by atomic mass is 127. The third-order valence-electron chi connectivity index (χ3n) is 4.48. The Hall–Kier alpha value is -1.48. The van der Waals surface area contributed by atoms with E-state index in [4.69, 9.17) is 16.3 Å². The molecule has 0 amide bonds. The van der Waals surface area contributed by atoms with Crippen LogP contribution >= 0.6 is 35.6 Å². The second-order valence-corrected chi connectivity index (χ2v) is 7.29. The number of guanidine groups is 1. The summed E-state index contributed by atoms with van der Waals surface area (Å²) in [5.74, 6) is 1.56. The molecule has 2 rings (SSSR count). The summed E-state index contributed by atoms with van der Waals surface area (Å²) in [7, 11) is 3.75. The summed E-state index contributed by atoms with van der Waals surface area (Å²) in [5.41, 5.74) is 3.57. The van der Waals surface area contributed by atoms with E-state index in [1.807, 2.05) is 42.9 Å². The highest BCUT2D eigenvalue weighted by Gasteiger charge is 2.14.